The molecule has 0 spiro atoms. The molecule has 0 aliphatic carbocycles. The highest BCUT2D eigenvalue weighted by molar-refractivity contribution is 5.88. The van der Waals surface area contributed by atoms with Crippen molar-refractivity contribution in [3.63, 3.8) is 0 Å². The van der Waals surface area contributed by atoms with E-state index in [2.05, 4.69) is 155 Å². The molecule has 29 heteroatoms. The van der Waals surface area contributed by atoms with Crippen molar-refractivity contribution in [3.05, 3.63) is 0 Å². The third-order valence-corrected chi connectivity index (χ3v) is 27.4. The number of rotatable bonds is 21. The van der Waals surface area contributed by atoms with Crippen molar-refractivity contribution in [2.75, 3.05) is 148 Å². The molecule has 0 aromatic heterocycles. The Bertz CT molecular complexity index is 3160. The number of hydrogen-bond acceptors (Lipinski definition) is 18. The largest absolute Gasteiger partial charge is 0.379 e. The predicted molar refractivity (Wildman–Crippen MR) is 527 cm³/mol. The number of aliphatic hydroxyl groups is 1. The van der Waals surface area contributed by atoms with Gasteiger partial charge in [0.1, 0.15) is 5.41 Å². The van der Waals surface area contributed by atoms with Crippen molar-refractivity contribution >= 4 is 41.4 Å². The summed E-state index contributed by atoms with van der Waals surface area (Å²) in [5, 5.41) is 19.8. The summed E-state index contributed by atoms with van der Waals surface area (Å²) in [6.45, 7) is 69.2. The molecule has 13 atom stereocenters. The third kappa shape index (κ3) is 33.3. The van der Waals surface area contributed by atoms with E-state index < -0.39 is 46.5 Å². The summed E-state index contributed by atoms with van der Waals surface area (Å²) in [5.74, 6) is -0.181. The zero-order valence-electron chi connectivity index (χ0n) is 81.8. The summed E-state index contributed by atoms with van der Waals surface area (Å²) in [5.41, 5.74) is -6.69. The van der Waals surface area contributed by atoms with Gasteiger partial charge in [-0.05, 0) is 219 Å². The Labute approximate surface area is 783 Å². The number of nitrogens with zero attached hydrogens (tertiary/aromatic N) is 15. The average molecular weight is 1840 g/mol. The van der Waals surface area contributed by atoms with Crippen molar-refractivity contribution in [1.29, 1.82) is 5.26 Å². The Kier molecular flexibility index (Phi) is 59.0. The van der Waals surface area contributed by atoms with Crippen LogP contribution in [0.2, 0.25) is 0 Å². The Hall–Kier alpha value is -4.90. The van der Waals surface area contributed by atoms with Crippen LogP contribution >= 0.6 is 0 Å². The van der Waals surface area contributed by atoms with Crippen LogP contribution in [0.4, 0.5) is 17.6 Å². The molecule has 762 valence electrons. The minimum Gasteiger partial charge on any atom is -0.379 e. The van der Waals surface area contributed by atoms with Gasteiger partial charge >= 0.3 is 0 Å². The van der Waals surface area contributed by atoms with Crippen LogP contribution in [0.1, 0.15) is 286 Å². The first kappa shape index (κ1) is 134. The molecule has 0 saturated carbocycles. The van der Waals surface area contributed by atoms with Gasteiger partial charge < -0.3 is 48.9 Å². The number of likely N-dealkylation sites (N-methyl/N-ethyl adjacent to an activating group) is 1. The van der Waals surface area contributed by atoms with Crippen LogP contribution in [0.3, 0.4) is 0 Å². The van der Waals surface area contributed by atoms with Gasteiger partial charge in [0.15, 0.2) is 17.9 Å². The van der Waals surface area contributed by atoms with Crippen molar-refractivity contribution in [2.24, 2.45) is 34.5 Å². The number of fused-ring (bicyclic) bond motifs is 2. The number of likely N-dealkylation sites (tertiary alicyclic amines) is 7. The SMILES string of the molecule is C.C.C.C.C.C.C.C.CC(C)N(C)C(=O)C1CN(C(C)C)C2CCOC12.CC(C)N(C)C(=O)C1CN(C(C)C)C2COCC12.CC(C)N1CC(C(=O)N(C)C(C)C)C(C)(C)C1.CC(C)N1CC(F)C(F)(C(=O)N(C)C(C)C)C1.CC(C)N1CC(F)C(F)(C(=O)N(C)C(C)C)C1.CC(C)N1CCC(C#N)(C(=O)N(C)C(C)C)C1.CC(C)N1CCC(O)(C(=O)N(C)C(C)C)C1. The van der Waals surface area contributed by atoms with Crippen LogP contribution in [0.5, 0.6) is 0 Å². The maximum absolute atomic E-state index is 14.5. The van der Waals surface area contributed by atoms with E-state index in [1.54, 1.807) is 61.4 Å². The molecule has 9 heterocycles. The first-order chi connectivity index (χ1) is 55.0. The molecule has 0 bridgehead atoms. The zero-order chi connectivity index (χ0) is 92.8. The lowest BCUT2D eigenvalue weighted by molar-refractivity contribution is -0.150. The zero-order valence-corrected chi connectivity index (χ0v) is 81.8. The minimum atomic E-state index is -2.39. The second-order valence-electron chi connectivity index (χ2n) is 40.5. The molecule has 128 heavy (non-hydrogen) atoms. The topological polar surface area (TPSA) is 227 Å². The number of alkyl halides is 4. The van der Waals surface area contributed by atoms with E-state index in [9.17, 15) is 61.5 Å². The second kappa shape index (κ2) is 56.5. The number of carbonyl (C=O) groups is 7. The molecule has 7 amide bonds. The van der Waals surface area contributed by atoms with Crippen LogP contribution < -0.4 is 0 Å². The number of amides is 7. The predicted octanol–water partition coefficient (Wildman–Crippen LogP) is 15.3. The Morgan fingerprint density at radius 1 is 0.391 bits per heavy atom. The molecule has 13 unspecified atom stereocenters. The summed E-state index contributed by atoms with van der Waals surface area (Å²) in [6.07, 6.45) is -1.10. The van der Waals surface area contributed by atoms with Gasteiger partial charge in [-0.15, -0.1) is 0 Å². The standard InChI is InChI=1S/2C14H26N2O2.C14H28N2O.C13H23N3O.2C12H22F2N2O.C12H24N2O2.8CH4/c1-9(2)15(5)14(17)11-6-16(10(3)4)13-8-18-7-12(11)13;1-9(2)15(5)14(17)11-8-16(10(3)4)12-6-7-18-13(11)12;1-10(2)15(7)13(17)12-8-16(11(3)4)9-14(12,5)6;1-10(2)15(5)12(17)13(8-14)6-7-16(9-13)11(3)4;2*1-8(2)15(5)11(17)12(14)7-16(9(3)4)6-10(12)13;1-9(2)13(5)11(15)12(16)6-7-14(8-12)10(3)4;;;;;;;;/h2*9-13H,6-8H2,1-5H3;10-12H,8-9H2,1-7H3;10-11H,6-7,9H2,1-5H3;2*8-10H,6-7H2,1-5H3;9-10,16H,6-8H2,1-5H3;8*1H4. The molecule has 0 aromatic carbocycles. The summed E-state index contributed by atoms with van der Waals surface area (Å²) in [4.78, 5) is 112. The minimum absolute atomic E-state index is 0. The van der Waals surface area contributed by atoms with E-state index in [0.717, 1.165) is 65.5 Å². The Balaban J connectivity index is -0.000000336. The van der Waals surface area contributed by atoms with Crippen LogP contribution in [0, 0.1) is 45.8 Å². The van der Waals surface area contributed by atoms with Gasteiger partial charge in [-0.2, -0.15) is 5.26 Å². The number of ether oxygens (including phenoxy) is 2. The van der Waals surface area contributed by atoms with E-state index in [4.69, 9.17) is 9.47 Å². The fourth-order valence-electron chi connectivity index (χ4n) is 16.8. The van der Waals surface area contributed by atoms with Crippen LogP contribution in [-0.2, 0) is 43.0 Å². The lowest BCUT2D eigenvalue weighted by Crippen LogP contribution is -2.52. The van der Waals surface area contributed by atoms with E-state index in [1.165, 1.54) is 23.9 Å². The second-order valence-corrected chi connectivity index (χ2v) is 40.5. The smallest absolute Gasteiger partial charge is 0.264 e. The molecule has 9 aliphatic heterocycles. The van der Waals surface area contributed by atoms with Gasteiger partial charge in [0.2, 0.25) is 35.0 Å². The van der Waals surface area contributed by atoms with Gasteiger partial charge in [-0.3, -0.25) is 67.9 Å². The molecule has 0 radical (unpaired) electrons. The number of carbonyl (C=O) groups excluding carboxylic acids is 7. The van der Waals surface area contributed by atoms with Crippen molar-refractivity contribution in [3.8, 4) is 6.07 Å². The van der Waals surface area contributed by atoms with Gasteiger partial charge in [0.25, 0.3) is 17.7 Å². The molecular formula is C99H203F4N15O10. The van der Waals surface area contributed by atoms with E-state index in [-0.39, 0.29) is 193 Å². The monoisotopic (exact) mass is 1840 g/mol. The van der Waals surface area contributed by atoms with Crippen LogP contribution in [-0.4, -0.2) is 395 Å². The van der Waals surface area contributed by atoms with Gasteiger partial charge in [-0.25, -0.2) is 17.6 Å². The summed E-state index contributed by atoms with van der Waals surface area (Å²) < 4.78 is 68.0. The van der Waals surface area contributed by atoms with Gasteiger partial charge in [0.05, 0.1) is 43.1 Å². The summed E-state index contributed by atoms with van der Waals surface area (Å²) in [6, 6.07) is 6.33. The Morgan fingerprint density at radius 2 is 0.719 bits per heavy atom. The molecule has 9 aliphatic rings. The molecule has 9 rings (SSSR count). The molecule has 25 nitrogen and oxygen atoms in total. The maximum Gasteiger partial charge on any atom is 0.264 e. The van der Waals surface area contributed by atoms with Gasteiger partial charge in [0, 0.05) is 237 Å². The highest BCUT2D eigenvalue weighted by Gasteiger charge is 2.59. The molecule has 9 saturated heterocycles. The molecular weight excluding hydrogens is 1640 g/mol. The van der Waals surface area contributed by atoms with Gasteiger partial charge in [-0.1, -0.05) is 73.3 Å². The van der Waals surface area contributed by atoms with Crippen molar-refractivity contribution < 1.29 is 65.7 Å². The average Bonchev–Trinajstić information content (AvgIpc) is 1.62. The first-order valence-electron chi connectivity index (χ1n) is 45.1. The van der Waals surface area contributed by atoms with E-state index >= 15 is 0 Å². The Morgan fingerprint density at radius 3 is 1.05 bits per heavy atom. The summed E-state index contributed by atoms with van der Waals surface area (Å²) >= 11 is 0. The lowest BCUT2D eigenvalue weighted by Gasteiger charge is -2.31. The third-order valence-electron chi connectivity index (χ3n) is 27.4. The number of nitriles is 1. The maximum atomic E-state index is 14.5. The van der Waals surface area contributed by atoms with Crippen LogP contribution in [0.25, 0.3) is 0 Å². The number of halogens is 4. The first-order valence-corrected chi connectivity index (χ1v) is 45.1. The van der Waals surface area contributed by atoms with Crippen molar-refractivity contribution in [2.45, 2.75) is 418 Å². The van der Waals surface area contributed by atoms with E-state index in [0.29, 0.717) is 80.0 Å². The van der Waals surface area contributed by atoms with Crippen LogP contribution in [0.15, 0.2) is 0 Å². The fourth-order valence-corrected chi connectivity index (χ4v) is 16.8. The normalized spacial score (nSPS) is 27.1. The highest BCUT2D eigenvalue weighted by Crippen LogP contribution is 2.42. The summed E-state index contributed by atoms with van der Waals surface area (Å²) in [7, 11) is 12.3. The molecule has 0 aromatic rings. The lowest BCUT2D eigenvalue weighted by atomic mass is 9.81. The number of hydrogen-bond donors (Lipinski definition) is 1. The fraction of sp³-hybridized carbons (Fsp3) is 0.919. The van der Waals surface area contributed by atoms with E-state index in [1.807, 2.05) is 91.2 Å². The highest BCUT2D eigenvalue weighted by atomic mass is 19.2. The quantitative estimate of drug-likeness (QED) is 0.105. The van der Waals surface area contributed by atoms with Crippen molar-refractivity contribution in [1.82, 2.24) is 68.6 Å². The molecule has 9 fully saturated rings. The number of β-amino-alcohol motifs (C(OH)–C–C–N with tert-alkyl or cyclic N) is 1. The molecule has 1 N–H and O–H groups in total.